The van der Waals surface area contributed by atoms with Crippen molar-refractivity contribution in [3.63, 3.8) is 0 Å². The van der Waals surface area contributed by atoms with Crippen LogP contribution in [0, 0.1) is 17.2 Å². The number of carbonyl (C=O) groups is 1. The molecule has 0 radical (unpaired) electrons. The summed E-state index contributed by atoms with van der Waals surface area (Å²) in [6, 6.07) is 7.75. The Morgan fingerprint density at radius 1 is 1.24 bits per heavy atom. The summed E-state index contributed by atoms with van der Waals surface area (Å²) in [4.78, 5) is 14.5. The SMILES string of the molecule is COCCN1C(=O)[C@@H]2CC[C@H]1CN(S(=O)(=O)c1ccc(C#N)cc1)C2. The van der Waals surface area contributed by atoms with Gasteiger partial charge in [-0.05, 0) is 37.1 Å². The molecule has 25 heavy (non-hydrogen) atoms. The molecule has 0 unspecified atom stereocenters. The fraction of sp³-hybridized carbons (Fsp3) is 0.529. The highest BCUT2D eigenvalue weighted by molar-refractivity contribution is 7.89. The summed E-state index contributed by atoms with van der Waals surface area (Å²) in [6.07, 6.45) is 1.52. The molecule has 3 aliphatic rings. The van der Waals surface area contributed by atoms with Crippen LogP contribution in [-0.2, 0) is 19.6 Å². The van der Waals surface area contributed by atoms with Crippen molar-refractivity contribution in [2.75, 3.05) is 33.4 Å². The van der Waals surface area contributed by atoms with Crippen LogP contribution in [0.25, 0.3) is 0 Å². The van der Waals surface area contributed by atoms with Gasteiger partial charge in [-0.3, -0.25) is 4.79 Å². The standard InChI is InChI=1S/C17H21N3O4S/c1-24-9-8-20-15-5-4-14(17(20)21)11-19(12-15)25(22,23)16-6-2-13(10-18)3-7-16/h2-3,6-7,14-15H,4-5,8-9,11-12H2,1H3/t14-,15+/m1/s1. The first-order valence-corrected chi connectivity index (χ1v) is 9.71. The molecule has 8 heteroatoms. The van der Waals surface area contributed by atoms with Crippen LogP contribution >= 0.6 is 0 Å². The minimum atomic E-state index is -3.69. The van der Waals surface area contributed by atoms with E-state index in [0.29, 0.717) is 31.7 Å². The van der Waals surface area contributed by atoms with E-state index in [2.05, 4.69) is 0 Å². The molecule has 4 rings (SSSR count). The lowest BCUT2D eigenvalue weighted by molar-refractivity contribution is -0.140. The minimum Gasteiger partial charge on any atom is -0.383 e. The molecule has 3 saturated heterocycles. The van der Waals surface area contributed by atoms with Gasteiger partial charge in [0.25, 0.3) is 0 Å². The van der Waals surface area contributed by atoms with Gasteiger partial charge in [-0.2, -0.15) is 9.57 Å². The number of amides is 1. The highest BCUT2D eigenvalue weighted by Gasteiger charge is 2.43. The van der Waals surface area contributed by atoms with Gasteiger partial charge in [0.15, 0.2) is 0 Å². The van der Waals surface area contributed by atoms with E-state index in [1.807, 2.05) is 6.07 Å². The lowest BCUT2D eigenvalue weighted by Crippen LogP contribution is -2.49. The van der Waals surface area contributed by atoms with E-state index < -0.39 is 10.0 Å². The summed E-state index contributed by atoms with van der Waals surface area (Å²) in [5, 5.41) is 8.86. The molecule has 0 N–H and O–H groups in total. The molecule has 1 aromatic rings. The molecule has 1 aromatic carbocycles. The topological polar surface area (TPSA) is 90.7 Å². The highest BCUT2D eigenvalue weighted by Crippen LogP contribution is 2.31. The van der Waals surface area contributed by atoms with Crippen molar-refractivity contribution in [1.82, 2.24) is 9.21 Å². The minimum absolute atomic E-state index is 0.0193. The first-order chi connectivity index (χ1) is 12.0. The van der Waals surface area contributed by atoms with E-state index in [-0.39, 0.29) is 29.3 Å². The van der Waals surface area contributed by atoms with Gasteiger partial charge in [-0.15, -0.1) is 0 Å². The molecule has 1 amide bonds. The molecule has 3 aliphatic heterocycles. The van der Waals surface area contributed by atoms with Gasteiger partial charge in [0, 0.05) is 32.8 Å². The number of nitrogens with zero attached hydrogens (tertiary/aromatic N) is 3. The average molecular weight is 363 g/mol. The lowest BCUT2D eigenvalue weighted by Gasteiger charge is -2.35. The van der Waals surface area contributed by atoms with E-state index >= 15 is 0 Å². The maximum atomic E-state index is 13.0. The zero-order chi connectivity index (χ0) is 18.0. The summed E-state index contributed by atoms with van der Waals surface area (Å²) < 4.78 is 32.4. The number of benzene rings is 1. The summed E-state index contributed by atoms with van der Waals surface area (Å²) in [5.74, 6) is -0.283. The third-order valence-electron chi connectivity index (χ3n) is 4.92. The Morgan fingerprint density at radius 2 is 1.96 bits per heavy atom. The summed E-state index contributed by atoms with van der Waals surface area (Å²) in [7, 11) is -2.10. The van der Waals surface area contributed by atoms with Gasteiger partial charge in [-0.25, -0.2) is 8.42 Å². The average Bonchev–Trinajstić information content (AvgIpc) is 2.92. The second-order valence-electron chi connectivity index (χ2n) is 6.41. The number of piperidine rings is 1. The Labute approximate surface area is 147 Å². The van der Waals surface area contributed by atoms with E-state index in [0.717, 1.165) is 6.42 Å². The van der Waals surface area contributed by atoms with Crippen LogP contribution < -0.4 is 0 Å². The number of nitriles is 1. The van der Waals surface area contributed by atoms with Crippen LogP contribution in [0.4, 0.5) is 0 Å². The normalized spacial score (nSPS) is 24.2. The van der Waals surface area contributed by atoms with Gasteiger partial charge in [0.2, 0.25) is 15.9 Å². The quantitative estimate of drug-likeness (QED) is 0.772. The molecule has 0 spiro atoms. The number of methoxy groups -OCH3 is 1. The van der Waals surface area contributed by atoms with Crippen molar-refractivity contribution < 1.29 is 17.9 Å². The number of sulfonamides is 1. The van der Waals surface area contributed by atoms with Crippen molar-refractivity contribution in [1.29, 1.82) is 5.26 Å². The number of fused-ring (bicyclic) bond motifs is 4. The molecule has 0 aliphatic carbocycles. The Balaban J connectivity index is 1.86. The largest absolute Gasteiger partial charge is 0.383 e. The van der Waals surface area contributed by atoms with Crippen molar-refractivity contribution in [2.24, 2.45) is 5.92 Å². The molecule has 3 fully saturated rings. The Bertz CT molecular complexity index is 785. The van der Waals surface area contributed by atoms with Crippen molar-refractivity contribution >= 4 is 15.9 Å². The smallest absolute Gasteiger partial charge is 0.243 e. The number of rotatable bonds is 5. The van der Waals surface area contributed by atoms with Crippen LogP contribution in [0.2, 0.25) is 0 Å². The zero-order valence-electron chi connectivity index (χ0n) is 14.1. The van der Waals surface area contributed by atoms with Gasteiger partial charge in [0.05, 0.1) is 29.1 Å². The second-order valence-corrected chi connectivity index (χ2v) is 8.35. The van der Waals surface area contributed by atoms with Gasteiger partial charge in [-0.1, -0.05) is 0 Å². The van der Waals surface area contributed by atoms with Crippen LogP contribution in [0.15, 0.2) is 29.2 Å². The van der Waals surface area contributed by atoms with Gasteiger partial charge in [0.1, 0.15) is 0 Å². The van der Waals surface area contributed by atoms with Crippen LogP contribution in [-0.4, -0.2) is 62.9 Å². The lowest BCUT2D eigenvalue weighted by atomic mass is 9.94. The van der Waals surface area contributed by atoms with Crippen molar-refractivity contribution in [2.45, 2.75) is 23.8 Å². The third-order valence-corrected chi connectivity index (χ3v) is 6.76. The molecule has 134 valence electrons. The maximum Gasteiger partial charge on any atom is 0.243 e. The predicted octanol–water partition coefficient (Wildman–Crippen LogP) is 0.816. The zero-order valence-corrected chi connectivity index (χ0v) is 14.9. The summed E-state index contributed by atoms with van der Waals surface area (Å²) >= 11 is 0. The first kappa shape index (κ1) is 17.9. The fourth-order valence-electron chi connectivity index (χ4n) is 3.53. The number of ether oxygens (including phenoxy) is 1. The van der Waals surface area contributed by atoms with Gasteiger partial charge < -0.3 is 9.64 Å². The predicted molar refractivity (Wildman–Crippen MR) is 90.0 cm³/mol. The maximum absolute atomic E-state index is 13.0. The van der Waals surface area contributed by atoms with E-state index in [4.69, 9.17) is 10.00 Å². The molecule has 2 bridgehead atoms. The summed E-state index contributed by atoms with van der Waals surface area (Å²) in [6.45, 7) is 1.44. The molecule has 3 heterocycles. The second kappa shape index (κ2) is 7.12. The number of hydrogen-bond donors (Lipinski definition) is 0. The Morgan fingerprint density at radius 3 is 2.60 bits per heavy atom. The summed E-state index contributed by atoms with van der Waals surface area (Å²) in [5.41, 5.74) is 0.413. The molecular formula is C17H21N3O4S. The van der Waals surface area contributed by atoms with E-state index in [1.54, 1.807) is 12.0 Å². The molecular weight excluding hydrogens is 342 g/mol. The van der Waals surface area contributed by atoms with E-state index in [9.17, 15) is 13.2 Å². The Kier molecular flexibility index (Phi) is 5.08. The number of hydrogen-bond acceptors (Lipinski definition) is 5. The van der Waals surface area contributed by atoms with Crippen LogP contribution in [0.3, 0.4) is 0 Å². The molecule has 2 atom stereocenters. The highest BCUT2D eigenvalue weighted by atomic mass is 32.2. The van der Waals surface area contributed by atoms with Crippen molar-refractivity contribution in [3.05, 3.63) is 29.8 Å². The first-order valence-electron chi connectivity index (χ1n) is 8.27. The monoisotopic (exact) mass is 363 g/mol. The Hall–Kier alpha value is -1.95. The molecule has 0 saturated carbocycles. The third kappa shape index (κ3) is 3.40. The van der Waals surface area contributed by atoms with Crippen LogP contribution in [0.5, 0.6) is 0 Å². The fourth-order valence-corrected chi connectivity index (χ4v) is 5.05. The van der Waals surface area contributed by atoms with E-state index in [1.165, 1.54) is 28.6 Å². The van der Waals surface area contributed by atoms with Gasteiger partial charge >= 0.3 is 0 Å². The van der Waals surface area contributed by atoms with Crippen LogP contribution in [0.1, 0.15) is 18.4 Å². The molecule has 7 nitrogen and oxygen atoms in total. The molecule has 0 aromatic heterocycles. The number of carbonyl (C=O) groups excluding carboxylic acids is 1. The van der Waals surface area contributed by atoms with Crippen molar-refractivity contribution in [3.8, 4) is 6.07 Å².